The van der Waals surface area contributed by atoms with E-state index < -0.39 is 0 Å². The average molecular weight is 493 g/mol. The molecule has 2 aromatic heterocycles. The number of benzene rings is 2. The third kappa shape index (κ3) is 5.53. The summed E-state index contributed by atoms with van der Waals surface area (Å²) in [5.41, 5.74) is 4.91. The van der Waals surface area contributed by atoms with Gasteiger partial charge in [0.15, 0.2) is 17.1 Å². The van der Waals surface area contributed by atoms with Crippen molar-refractivity contribution in [3.8, 4) is 16.3 Å². The van der Waals surface area contributed by atoms with E-state index in [4.69, 9.17) is 9.72 Å². The number of hydrogen-bond acceptors (Lipinski definition) is 6. The van der Waals surface area contributed by atoms with Gasteiger partial charge in [0.05, 0.1) is 5.69 Å². The van der Waals surface area contributed by atoms with Gasteiger partial charge in [-0.2, -0.15) is 0 Å². The Balaban J connectivity index is 1.43. The predicted octanol–water partition coefficient (Wildman–Crippen LogP) is 7.46. The lowest BCUT2D eigenvalue weighted by molar-refractivity contribution is 0.210. The highest BCUT2D eigenvalue weighted by Gasteiger charge is 2.20. The minimum Gasteiger partial charge on any atom is -0.483 e. The van der Waals surface area contributed by atoms with Crippen LogP contribution in [0.2, 0.25) is 0 Å². The van der Waals surface area contributed by atoms with Gasteiger partial charge in [0.1, 0.15) is 10.8 Å². The van der Waals surface area contributed by atoms with E-state index in [0.717, 1.165) is 39.7 Å². The first-order valence-corrected chi connectivity index (χ1v) is 13.5. The molecule has 2 aromatic carbocycles. The summed E-state index contributed by atoms with van der Waals surface area (Å²) >= 11 is 3.35. The zero-order chi connectivity index (χ0) is 24.3. The Kier molecular flexibility index (Phi) is 7.43. The zero-order valence-corrected chi connectivity index (χ0v) is 22.3. The molecule has 5 nitrogen and oxygen atoms in total. The van der Waals surface area contributed by atoms with E-state index in [-0.39, 0.29) is 11.5 Å². The van der Waals surface area contributed by atoms with Crippen LogP contribution >= 0.6 is 23.1 Å². The van der Waals surface area contributed by atoms with Crippen LogP contribution < -0.4 is 4.74 Å². The minimum atomic E-state index is -0.200. The molecule has 4 rings (SSSR count). The Morgan fingerprint density at radius 1 is 1.06 bits per heavy atom. The summed E-state index contributed by atoms with van der Waals surface area (Å²) in [5, 5.41) is 13.0. The number of thiazole rings is 1. The summed E-state index contributed by atoms with van der Waals surface area (Å²) in [6.45, 7) is 13.7. The number of nitrogens with zero attached hydrogens (tertiary/aromatic N) is 4. The van der Waals surface area contributed by atoms with Gasteiger partial charge < -0.3 is 9.30 Å². The summed E-state index contributed by atoms with van der Waals surface area (Å²) in [6, 6.07) is 16.7. The second-order valence-electron chi connectivity index (χ2n) is 9.37. The number of ether oxygens (including phenoxy) is 1. The van der Waals surface area contributed by atoms with Crippen molar-refractivity contribution >= 4 is 23.1 Å². The summed E-state index contributed by atoms with van der Waals surface area (Å²) in [5.74, 6) is 2.43. The predicted molar refractivity (Wildman–Crippen MR) is 142 cm³/mol. The quantitative estimate of drug-likeness (QED) is 0.239. The summed E-state index contributed by atoms with van der Waals surface area (Å²) in [4.78, 5) is 4.85. The van der Waals surface area contributed by atoms with E-state index in [2.05, 4.69) is 91.2 Å². The SMILES string of the molecule is CCn1c(SCc2csc(-c3ccccc3C)n2)nnc1C(C)Oc1ccc(C(C)(C)C)cc1. The summed E-state index contributed by atoms with van der Waals surface area (Å²) < 4.78 is 8.34. The van der Waals surface area contributed by atoms with Crippen molar-refractivity contribution in [2.75, 3.05) is 0 Å². The van der Waals surface area contributed by atoms with Gasteiger partial charge in [0.2, 0.25) is 0 Å². The zero-order valence-electron chi connectivity index (χ0n) is 20.7. The number of thioether (sulfide) groups is 1. The fourth-order valence-electron chi connectivity index (χ4n) is 3.74. The molecule has 34 heavy (non-hydrogen) atoms. The van der Waals surface area contributed by atoms with Gasteiger partial charge >= 0.3 is 0 Å². The largest absolute Gasteiger partial charge is 0.483 e. The van der Waals surface area contributed by atoms with Gasteiger partial charge in [-0.1, -0.05) is 68.9 Å². The van der Waals surface area contributed by atoms with Crippen LogP contribution in [0.1, 0.15) is 63.4 Å². The maximum Gasteiger partial charge on any atom is 0.191 e. The summed E-state index contributed by atoms with van der Waals surface area (Å²) in [7, 11) is 0. The molecule has 0 spiro atoms. The molecule has 0 saturated heterocycles. The normalized spacial score (nSPS) is 12.6. The molecule has 1 unspecified atom stereocenters. The first-order chi connectivity index (χ1) is 16.3. The first kappa shape index (κ1) is 24.5. The molecular formula is C27H32N4OS2. The molecule has 0 bridgehead atoms. The first-order valence-electron chi connectivity index (χ1n) is 11.6. The van der Waals surface area contributed by atoms with Crippen LogP contribution in [-0.2, 0) is 17.7 Å². The Morgan fingerprint density at radius 2 is 1.79 bits per heavy atom. The standard InChI is InChI=1S/C27H32N4OS2/c1-7-31-24(19(3)32-22-14-12-20(13-15-22)27(4,5)6)29-30-26(31)34-17-21-16-33-25(28-21)23-11-9-8-10-18(23)2/h8-16,19H,7,17H2,1-6H3. The third-order valence-electron chi connectivity index (χ3n) is 5.73. The fraction of sp³-hybridized carbons (Fsp3) is 0.370. The van der Waals surface area contributed by atoms with Crippen molar-refractivity contribution in [2.45, 2.75) is 70.5 Å². The maximum atomic E-state index is 6.21. The lowest BCUT2D eigenvalue weighted by atomic mass is 9.87. The second kappa shape index (κ2) is 10.3. The molecule has 0 aliphatic heterocycles. The van der Waals surface area contributed by atoms with Gasteiger partial charge in [-0.15, -0.1) is 21.5 Å². The molecular weight excluding hydrogens is 460 g/mol. The van der Waals surface area contributed by atoms with Gasteiger partial charge in [0, 0.05) is 23.2 Å². The van der Waals surface area contributed by atoms with Crippen molar-refractivity contribution in [3.63, 3.8) is 0 Å². The minimum absolute atomic E-state index is 0.122. The molecule has 2 heterocycles. The Morgan fingerprint density at radius 3 is 2.47 bits per heavy atom. The Bertz CT molecular complexity index is 1240. The van der Waals surface area contributed by atoms with Crippen molar-refractivity contribution < 1.29 is 4.74 Å². The second-order valence-corrected chi connectivity index (χ2v) is 11.2. The average Bonchev–Trinajstić information content (AvgIpc) is 3.44. The monoisotopic (exact) mass is 492 g/mol. The van der Waals surface area contributed by atoms with Gasteiger partial charge in [-0.05, 0) is 49.4 Å². The van der Waals surface area contributed by atoms with Crippen LogP contribution in [0.15, 0.2) is 59.1 Å². The van der Waals surface area contributed by atoms with Crippen molar-refractivity contribution in [1.29, 1.82) is 0 Å². The lowest BCUT2D eigenvalue weighted by Crippen LogP contribution is -2.13. The van der Waals surface area contributed by atoms with Gasteiger partial charge in [0.25, 0.3) is 0 Å². The van der Waals surface area contributed by atoms with Crippen LogP contribution in [0, 0.1) is 6.92 Å². The smallest absolute Gasteiger partial charge is 0.191 e. The molecule has 0 N–H and O–H groups in total. The van der Waals surface area contributed by atoms with E-state index in [1.54, 1.807) is 23.1 Å². The van der Waals surface area contributed by atoms with E-state index >= 15 is 0 Å². The van der Waals surface area contributed by atoms with Crippen LogP contribution in [0.4, 0.5) is 0 Å². The number of aryl methyl sites for hydroxylation is 1. The number of rotatable bonds is 8. The molecule has 1 atom stereocenters. The van der Waals surface area contributed by atoms with Crippen molar-refractivity contribution in [2.24, 2.45) is 0 Å². The van der Waals surface area contributed by atoms with Crippen molar-refractivity contribution in [3.05, 3.63) is 76.6 Å². The van der Waals surface area contributed by atoms with E-state index in [0.29, 0.717) is 0 Å². The molecule has 4 aromatic rings. The number of hydrogen-bond donors (Lipinski definition) is 0. The highest BCUT2D eigenvalue weighted by Crippen LogP contribution is 2.31. The molecule has 178 valence electrons. The molecule has 0 aliphatic rings. The van der Waals surface area contributed by atoms with E-state index in [1.807, 2.05) is 19.1 Å². The van der Waals surface area contributed by atoms with E-state index in [9.17, 15) is 0 Å². The van der Waals surface area contributed by atoms with Gasteiger partial charge in [-0.3, -0.25) is 0 Å². The summed E-state index contributed by atoms with van der Waals surface area (Å²) in [6.07, 6.45) is -0.200. The molecule has 0 amide bonds. The van der Waals surface area contributed by atoms with Crippen molar-refractivity contribution in [1.82, 2.24) is 19.7 Å². The lowest BCUT2D eigenvalue weighted by Gasteiger charge is -2.20. The van der Waals surface area contributed by atoms with Gasteiger partial charge in [-0.25, -0.2) is 4.98 Å². The highest BCUT2D eigenvalue weighted by molar-refractivity contribution is 7.98. The maximum absolute atomic E-state index is 6.21. The number of aromatic nitrogens is 4. The van der Waals surface area contributed by atoms with E-state index in [1.165, 1.54) is 16.7 Å². The Hall–Kier alpha value is -2.64. The molecule has 0 saturated carbocycles. The molecule has 0 aliphatic carbocycles. The molecule has 0 radical (unpaired) electrons. The fourth-order valence-corrected chi connectivity index (χ4v) is 5.66. The van der Waals surface area contributed by atoms with Crippen LogP contribution in [-0.4, -0.2) is 19.7 Å². The topological polar surface area (TPSA) is 52.8 Å². The van der Waals surface area contributed by atoms with Crippen LogP contribution in [0.25, 0.3) is 10.6 Å². The molecule has 7 heteroatoms. The molecule has 0 fully saturated rings. The van der Waals surface area contributed by atoms with Crippen LogP contribution in [0.5, 0.6) is 5.75 Å². The Labute approximate surface area is 210 Å². The third-order valence-corrected chi connectivity index (χ3v) is 7.66. The highest BCUT2D eigenvalue weighted by atomic mass is 32.2. The van der Waals surface area contributed by atoms with Crippen LogP contribution in [0.3, 0.4) is 0 Å².